The van der Waals surface area contributed by atoms with E-state index in [1.54, 1.807) is 0 Å². The molecule has 0 aromatic carbocycles. The number of unbranched alkanes of at least 4 members (excludes halogenated alkanes) is 5. The Morgan fingerprint density at radius 1 is 1.17 bits per heavy atom. The number of anilines is 1. The number of pyridine rings is 1. The van der Waals surface area contributed by atoms with Gasteiger partial charge < -0.3 is 10.2 Å². The number of hydrazine groups is 1. The van der Waals surface area contributed by atoms with Crippen LogP contribution in [0.3, 0.4) is 0 Å². The maximum atomic E-state index is 5.59. The van der Waals surface area contributed by atoms with Crippen molar-refractivity contribution in [3.8, 4) is 0 Å². The predicted molar refractivity (Wildman–Crippen MR) is 75.1 cm³/mol. The molecule has 0 aliphatic rings. The molecule has 4 heteroatoms. The number of nitrogens with two attached hydrogens (primary N) is 1. The minimum Gasteiger partial charge on any atom is -0.375 e. The smallest absolute Gasteiger partial charge is 0.140 e. The minimum absolute atomic E-state index is 0.560. The first-order valence-electron chi connectivity index (χ1n) is 6.87. The molecule has 4 nitrogen and oxygen atoms in total. The largest absolute Gasteiger partial charge is 0.375 e. The van der Waals surface area contributed by atoms with Crippen LogP contribution in [-0.2, 0) is 11.3 Å². The minimum atomic E-state index is 0.560. The summed E-state index contributed by atoms with van der Waals surface area (Å²) in [6, 6.07) is 5.70. The number of hydrogen-bond acceptors (Lipinski definition) is 4. The second kappa shape index (κ2) is 9.85. The van der Waals surface area contributed by atoms with Gasteiger partial charge in [0.05, 0.1) is 12.3 Å². The fraction of sp³-hybridized carbons (Fsp3) is 0.643. The van der Waals surface area contributed by atoms with Crippen molar-refractivity contribution in [1.82, 2.24) is 4.98 Å². The van der Waals surface area contributed by atoms with Gasteiger partial charge in [-0.3, -0.25) is 0 Å². The highest BCUT2D eigenvalue weighted by Crippen LogP contribution is 2.07. The van der Waals surface area contributed by atoms with Crippen LogP contribution in [0.1, 0.15) is 51.1 Å². The zero-order chi connectivity index (χ0) is 13.1. The van der Waals surface area contributed by atoms with Gasteiger partial charge in [-0.2, -0.15) is 0 Å². The molecule has 0 atom stereocenters. The van der Waals surface area contributed by atoms with Gasteiger partial charge in [0.25, 0.3) is 0 Å². The number of ether oxygens (including phenoxy) is 1. The molecule has 0 aliphatic carbocycles. The summed E-state index contributed by atoms with van der Waals surface area (Å²) in [5.74, 6) is 5.98. The van der Waals surface area contributed by atoms with Crippen molar-refractivity contribution in [2.45, 2.75) is 52.1 Å². The van der Waals surface area contributed by atoms with E-state index in [4.69, 9.17) is 10.6 Å². The van der Waals surface area contributed by atoms with Crippen LogP contribution < -0.4 is 11.3 Å². The van der Waals surface area contributed by atoms with Crippen LogP contribution in [-0.4, -0.2) is 11.6 Å². The van der Waals surface area contributed by atoms with E-state index in [9.17, 15) is 0 Å². The topological polar surface area (TPSA) is 60.2 Å². The lowest BCUT2D eigenvalue weighted by molar-refractivity contribution is 0.114. The Bertz CT molecular complexity index is 318. The fourth-order valence-electron chi connectivity index (χ4n) is 1.80. The van der Waals surface area contributed by atoms with Crippen molar-refractivity contribution in [3.05, 3.63) is 23.9 Å². The lowest BCUT2D eigenvalue weighted by Crippen LogP contribution is -2.09. The van der Waals surface area contributed by atoms with Crippen LogP contribution in [0, 0.1) is 0 Å². The quantitative estimate of drug-likeness (QED) is 0.381. The zero-order valence-corrected chi connectivity index (χ0v) is 11.3. The van der Waals surface area contributed by atoms with Gasteiger partial charge in [0, 0.05) is 6.61 Å². The van der Waals surface area contributed by atoms with Crippen LogP contribution >= 0.6 is 0 Å². The molecule has 102 valence electrons. The van der Waals surface area contributed by atoms with E-state index >= 15 is 0 Å². The van der Waals surface area contributed by atoms with E-state index in [1.807, 2.05) is 18.2 Å². The summed E-state index contributed by atoms with van der Waals surface area (Å²) >= 11 is 0. The van der Waals surface area contributed by atoms with E-state index in [0.717, 1.165) is 18.7 Å². The SMILES string of the molecule is CCCCCCCCOCc1cccc(NN)n1. The lowest BCUT2D eigenvalue weighted by Gasteiger charge is -2.05. The summed E-state index contributed by atoms with van der Waals surface area (Å²) in [6.07, 6.45) is 7.72. The van der Waals surface area contributed by atoms with Crippen molar-refractivity contribution in [2.24, 2.45) is 5.84 Å². The van der Waals surface area contributed by atoms with E-state index in [1.165, 1.54) is 32.1 Å². The standard InChI is InChI=1S/C14H25N3O/c1-2-3-4-5-6-7-11-18-12-13-9-8-10-14(16-13)17-15/h8-10H,2-7,11-12,15H2,1H3,(H,16,17). The fourth-order valence-corrected chi connectivity index (χ4v) is 1.80. The summed E-state index contributed by atoms with van der Waals surface area (Å²) in [5, 5.41) is 0. The number of aromatic nitrogens is 1. The second-order valence-corrected chi connectivity index (χ2v) is 4.48. The number of nitrogens with one attached hydrogen (secondary N) is 1. The van der Waals surface area contributed by atoms with Crippen LogP contribution in [0.5, 0.6) is 0 Å². The Kier molecular flexibility index (Phi) is 8.17. The molecule has 0 radical (unpaired) electrons. The highest BCUT2D eigenvalue weighted by Gasteiger charge is 1.97. The highest BCUT2D eigenvalue weighted by atomic mass is 16.5. The Labute approximate surface area is 110 Å². The molecule has 0 spiro atoms. The third kappa shape index (κ3) is 6.57. The molecular weight excluding hydrogens is 226 g/mol. The Balaban J connectivity index is 2.03. The summed E-state index contributed by atoms with van der Waals surface area (Å²) < 4.78 is 5.59. The van der Waals surface area contributed by atoms with Gasteiger partial charge >= 0.3 is 0 Å². The van der Waals surface area contributed by atoms with E-state index < -0.39 is 0 Å². The maximum absolute atomic E-state index is 5.59. The normalized spacial score (nSPS) is 10.6. The maximum Gasteiger partial charge on any atom is 0.140 e. The van der Waals surface area contributed by atoms with Crippen molar-refractivity contribution < 1.29 is 4.74 Å². The van der Waals surface area contributed by atoms with Crippen LogP contribution in [0.4, 0.5) is 5.82 Å². The number of nitrogens with zero attached hydrogens (tertiary/aromatic N) is 1. The van der Waals surface area contributed by atoms with Gasteiger partial charge in [-0.15, -0.1) is 0 Å². The van der Waals surface area contributed by atoms with Gasteiger partial charge in [-0.1, -0.05) is 45.1 Å². The molecule has 18 heavy (non-hydrogen) atoms. The average molecular weight is 251 g/mol. The van der Waals surface area contributed by atoms with Crippen molar-refractivity contribution in [1.29, 1.82) is 0 Å². The van der Waals surface area contributed by atoms with Crippen LogP contribution in [0.15, 0.2) is 18.2 Å². The third-order valence-electron chi connectivity index (χ3n) is 2.85. The number of hydrogen-bond donors (Lipinski definition) is 2. The monoisotopic (exact) mass is 251 g/mol. The third-order valence-corrected chi connectivity index (χ3v) is 2.85. The van der Waals surface area contributed by atoms with Crippen molar-refractivity contribution >= 4 is 5.82 Å². The summed E-state index contributed by atoms with van der Waals surface area (Å²) in [7, 11) is 0. The Morgan fingerprint density at radius 3 is 2.72 bits per heavy atom. The molecule has 0 saturated carbocycles. The molecule has 0 aliphatic heterocycles. The van der Waals surface area contributed by atoms with E-state index in [2.05, 4.69) is 17.3 Å². The van der Waals surface area contributed by atoms with Crippen LogP contribution in [0.25, 0.3) is 0 Å². The van der Waals surface area contributed by atoms with Gasteiger partial charge in [0.2, 0.25) is 0 Å². The molecule has 3 N–H and O–H groups in total. The highest BCUT2D eigenvalue weighted by molar-refractivity contribution is 5.33. The molecule has 0 saturated heterocycles. The number of rotatable bonds is 10. The summed E-state index contributed by atoms with van der Waals surface area (Å²) in [5.41, 5.74) is 3.44. The molecule has 1 aromatic rings. The first-order chi connectivity index (χ1) is 8.86. The zero-order valence-electron chi connectivity index (χ0n) is 11.3. The molecule has 1 rings (SSSR count). The molecule has 0 fully saturated rings. The molecular formula is C14H25N3O. The number of nitrogen functional groups attached to an aromatic ring is 1. The molecule has 1 heterocycles. The molecule has 1 aromatic heterocycles. The summed E-state index contributed by atoms with van der Waals surface area (Å²) in [6.45, 7) is 3.61. The Morgan fingerprint density at radius 2 is 1.94 bits per heavy atom. The molecule has 0 amide bonds. The van der Waals surface area contributed by atoms with Crippen molar-refractivity contribution in [2.75, 3.05) is 12.0 Å². The first-order valence-corrected chi connectivity index (χ1v) is 6.87. The van der Waals surface area contributed by atoms with E-state index in [-0.39, 0.29) is 0 Å². The molecule has 0 bridgehead atoms. The average Bonchev–Trinajstić information content (AvgIpc) is 2.42. The Hall–Kier alpha value is -1.13. The van der Waals surface area contributed by atoms with Crippen LogP contribution in [0.2, 0.25) is 0 Å². The second-order valence-electron chi connectivity index (χ2n) is 4.48. The first kappa shape index (κ1) is 14.9. The van der Waals surface area contributed by atoms with Gasteiger partial charge in [-0.25, -0.2) is 10.8 Å². The van der Waals surface area contributed by atoms with Gasteiger partial charge in [0.15, 0.2) is 0 Å². The van der Waals surface area contributed by atoms with E-state index in [0.29, 0.717) is 12.4 Å². The molecule has 0 unspecified atom stereocenters. The van der Waals surface area contributed by atoms with Gasteiger partial charge in [-0.05, 0) is 18.6 Å². The van der Waals surface area contributed by atoms with Crippen molar-refractivity contribution in [3.63, 3.8) is 0 Å². The van der Waals surface area contributed by atoms with Gasteiger partial charge in [0.1, 0.15) is 5.82 Å². The predicted octanol–water partition coefficient (Wildman–Crippen LogP) is 3.24. The lowest BCUT2D eigenvalue weighted by atomic mass is 10.1. The summed E-state index contributed by atoms with van der Waals surface area (Å²) in [4.78, 5) is 4.29.